The Morgan fingerprint density at radius 1 is 0.731 bits per heavy atom. The molecule has 0 aromatic rings. The van der Waals surface area contributed by atoms with E-state index in [2.05, 4.69) is 6.92 Å². The first kappa shape index (κ1) is 23.9. The summed E-state index contributed by atoms with van der Waals surface area (Å²) in [6, 6.07) is 0. The third-order valence-corrected chi connectivity index (χ3v) is 5.60. The van der Waals surface area contributed by atoms with E-state index >= 15 is 0 Å². The average Bonchev–Trinajstić information content (AvgIpc) is 3.12. The van der Waals surface area contributed by atoms with Crippen molar-refractivity contribution in [1.82, 2.24) is 0 Å². The van der Waals surface area contributed by atoms with Crippen LogP contribution in [0.3, 0.4) is 0 Å². The lowest BCUT2D eigenvalue weighted by atomic mass is 10.0. The van der Waals surface area contributed by atoms with E-state index in [1.807, 2.05) is 0 Å². The molecule has 0 spiro atoms. The number of ether oxygens (including phenoxy) is 2. The Hall–Kier alpha value is -0.120. The van der Waals surface area contributed by atoms with Gasteiger partial charge < -0.3 is 14.6 Å². The molecule has 0 bridgehead atoms. The van der Waals surface area contributed by atoms with Gasteiger partial charge in [-0.25, -0.2) is 0 Å². The van der Waals surface area contributed by atoms with Crippen molar-refractivity contribution in [2.24, 2.45) is 5.92 Å². The maximum atomic E-state index is 9.07. The van der Waals surface area contributed by atoms with Crippen molar-refractivity contribution in [2.45, 2.75) is 122 Å². The largest absolute Gasteiger partial charge is 0.396 e. The van der Waals surface area contributed by atoms with Crippen molar-refractivity contribution in [3.63, 3.8) is 0 Å². The summed E-state index contributed by atoms with van der Waals surface area (Å²) in [5, 5.41) is 9.07. The van der Waals surface area contributed by atoms with Crippen LogP contribution in [0.2, 0.25) is 0 Å². The predicted molar refractivity (Wildman–Crippen MR) is 110 cm³/mol. The minimum absolute atomic E-state index is 0.0662. The van der Waals surface area contributed by atoms with Gasteiger partial charge in [-0.1, -0.05) is 103 Å². The first-order valence-corrected chi connectivity index (χ1v) is 11.7. The molecule has 1 aliphatic rings. The maximum Gasteiger partial charge on any atom is 0.158 e. The summed E-state index contributed by atoms with van der Waals surface area (Å²) in [6.45, 7) is 3.97. The van der Waals surface area contributed by atoms with Gasteiger partial charge in [0.15, 0.2) is 6.29 Å². The van der Waals surface area contributed by atoms with Crippen molar-refractivity contribution in [3.8, 4) is 0 Å². The predicted octanol–water partition coefficient (Wildman–Crippen LogP) is 6.62. The van der Waals surface area contributed by atoms with E-state index in [0.29, 0.717) is 6.61 Å². The third kappa shape index (κ3) is 14.0. The van der Waals surface area contributed by atoms with Crippen LogP contribution >= 0.6 is 0 Å². The Bertz CT molecular complexity index is 283. The smallest absolute Gasteiger partial charge is 0.158 e. The highest BCUT2D eigenvalue weighted by molar-refractivity contribution is 4.66. The summed E-state index contributed by atoms with van der Waals surface area (Å²) in [5.74, 6) is 0.283. The van der Waals surface area contributed by atoms with Gasteiger partial charge in [-0.05, 0) is 6.42 Å². The van der Waals surface area contributed by atoms with Crippen LogP contribution in [0.4, 0.5) is 0 Å². The van der Waals surface area contributed by atoms with Gasteiger partial charge in [0.05, 0.1) is 6.61 Å². The number of hydrogen-bond donors (Lipinski definition) is 1. The summed E-state index contributed by atoms with van der Waals surface area (Å²) in [7, 11) is 0. The fourth-order valence-electron chi connectivity index (χ4n) is 3.76. The van der Waals surface area contributed by atoms with E-state index in [1.165, 1.54) is 96.3 Å². The van der Waals surface area contributed by atoms with Crippen molar-refractivity contribution in [1.29, 1.82) is 0 Å². The lowest BCUT2D eigenvalue weighted by Crippen LogP contribution is -2.12. The van der Waals surface area contributed by atoms with Gasteiger partial charge in [-0.15, -0.1) is 0 Å². The van der Waals surface area contributed by atoms with Crippen LogP contribution in [0.1, 0.15) is 116 Å². The van der Waals surface area contributed by atoms with Crippen LogP contribution in [0.5, 0.6) is 0 Å². The van der Waals surface area contributed by atoms with E-state index in [4.69, 9.17) is 14.6 Å². The van der Waals surface area contributed by atoms with Gasteiger partial charge in [-0.3, -0.25) is 0 Å². The van der Waals surface area contributed by atoms with Gasteiger partial charge in [-0.2, -0.15) is 0 Å². The second kappa shape index (κ2) is 18.3. The van der Waals surface area contributed by atoms with E-state index in [1.54, 1.807) is 0 Å². The molecule has 3 heteroatoms. The Morgan fingerprint density at radius 2 is 1.19 bits per heavy atom. The van der Waals surface area contributed by atoms with E-state index < -0.39 is 0 Å². The fraction of sp³-hybridized carbons (Fsp3) is 1.00. The average molecular weight is 371 g/mol. The Morgan fingerprint density at radius 3 is 1.62 bits per heavy atom. The van der Waals surface area contributed by atoms with Crippen LogP contribution in [0.25, 0.3) is 0 Å². The molecule has 2 atom stereocenters. The molecule has 3 nitrogen and oxygen atoms in total. The molecule has 0 aromatic carbocycles. The van der Waals surface area contributed by atoms with Crippen molar-refractivity contribution >= 4 is 0 Å². The standard InChI is InChI=1S/C23H46O3/c1-2-3-4-5-6-7-8-9-10-11-12-13-14-15-16-17-18-25-23-19-22(20-24)21-26-23/h22-24H,2-21H2,1H3/t22-,23+/m1/s1. The lowest BCUT2D eigenvalue weighted by Gasteiger charge is -2.10. The number of aliphatic hydroxyl groups is 1. The summed E-state index contributed by atoms with van der Waals surface area (Å²) < 4.78 is 11.2. The Kier molecular flexibility index (Phi) is 16.8. The second-order valence-corrected chi connectivity index (χ2v) is 8.22. The number of rotatable bonds is 19. The van der Waals surface area contributed by atoms with Crippen LogP contribution < -0.4 is 0 Å². The van der Waals surface area contributed by atoms with E-state index in [9.17, 15) is 0 Å². The van der Waals surface area contributed by atoms with Crippen LogP contribution in [0.15, 0.2) is 0 Å². The van der Waals surface area contributed by atoms with E-state index in [-0.39, 0.29) is 18.8 Å². The summed E-state index contributed by atoms with van der Waals surface area (Å²) in [4.78, 5) is 0. The van der Waals surface area contributed by atoms with Gasteiger partial charge >= 0.3 is 0 Å². The molecule has 1 rings (SSSR count). The van der Waals surface area contributed by atoms with Crippen LogP contribution in [-0.4, -0.2) is 31.2 Å². The topological polar surface area (TPSA) is 38.7 Å². The molecule has 0 unspecified atom stereocenters. The van der Waals surface area contributed by atoms with Crippen LogP contribution in [-0.2, 0) is 9.47 Å². The SMILES string of the molecule is CCCCCCCCCCCCCCCCCCO[C@@H]1C[C@H](CO)CO1. The van der Waals surface area contributed by atoms with Gasteiger partial charge in [0.1, 0.15) is 0 Å². The minimum Gasteiger partial charge on any atom is -0.396 e. The molecular weight excluding hydrogens is 324 g/mol. The van der Waals surface area contributed by atoms with Gasteiger partial charge in [0.2, 0.25) is 0 Å². The molecule has 0 amide bonds. The first-order valence-electron chi connectivity index (χ1n) is 11.7. The lowest BCUT2D eigenvalue weighted by molar-refractivity contribution is -0.111. The molecular formula is C23H46O3. The molecule has 1 N–H and O–H groups in total. The third-order valence-electron chi connectivity index (χ3n) is 5.60. The number of aliphatic hydroxyl groups excluding tert-OH is 1. The number of unbranched alkanes of at least 4 members (excludes halogenated alkanes) is 15. The van der Waals surface area contributed by atoms with Gasteiger partial charge in [0, 0.05) is 25.6 Å². The molecule has 1 fully saturated rings. The second-order valence-electron chi connectivity index (χ2n) is 8.22. The monoisotopic (exact) mass is 370 g/mol. The summed E-state index contributed by atoms with van der Waals surface area (Å²) in [6.07, 6.45) is 23.1. The molecule has 26 heavy (non-hydrogen) atoms. The molecule has 1 heterocycles. The van der Waals surface area contributed by atoms with Crippen molar-refractivity contribution in [3.05, 3.63) is 0 Å². The molecule has 1 aliphatic heterocycles. The summed E-state index contributed by atoms with van der Waals surface area (Å²) >= 11 is 0. The molecule has 156 valence electrons. The van der Waals surface area contributed by atoms with Gasteiger partial charge in [0.25, 0.3) is 0 Å². The minimum atomic E-state index is -0.0662. The Labute approximate surface area is 163 Å². The maximum absolute atomic E-state index is 9.07. The van der Waals surface area contributed by atoms with Crippen molar-refractivity contribution in [2.75, 3.05) is 19.8 Å². The highest BCUT2D eigenvalue weighted by atomic mass is 16.7. The van der Waals surface area contributed by atoms with Crippen LogP contribution in [0, 0.1) is 5.92 Å². The zero-order valence-electron chi connectivity index (χ0n) is 17.6. The zero-order valence-corrected chi connectivity index (χ0v) is 17.6. The molecule has 1 saturated heterocycles. The Balaban J connectivity index is 1.67. The summed E-state index contributed by atoms with van der Waals surface area (Å²) in [5.41, 5.74) is 0. The highest BCUT2D eigenvalue weighted by Crippen LogP contribution is 2.20. The molecule has 0 saturated carbocycles. The van der Waals surface area contributed by atoms with Crippen molar-refractivity contribution < 1.29 is 14.6 Å². The number of hydrogen-bond acceptors (Lipinski definition) is 3. The zero-order chi connectivity index (χ0) is 18.7. The quantitative estimate of drug-likeness (QED) is 0.260. The fourth-order valence-corrected chi connectivity index (χ4v) is 3.76. The normalized spacial score (nSPS) is 20.1. The van der Waals surface area contributed by atoms with E-state index in [0.717, 1.165) is 19.4 Å². The molecule has 0 aliphatic carbocycles. The highest BCUT2D eigenvalue weighted by Gasteiger charge is 2.24. The first-order chi connectivity index (χ1) is 12.9. The molecule has 0 aromatic heterocycles. The molecule has 0 radical (unpaired) electrons.